The summed E-state index contributed by atoms with van der Waals surface area (Å²) in [7, 11) is 0. The molecule has 0 bridgehead atoms. The molecule has 0 N–H and O–H groups in total. The highest BCUT2D eigenvalue weighted by Gasteiger charge is 2.33. The van der Waals surface area contributed by atoms with Crippen LogP contribution in [0.4, 0.5) is 23.8 Å². The van der Waals surface area contributed by atoms with Gasteiger partial charge in [0.05, 0.1) is 5.56 Å². The molecule has 2 rings (SSSR count). The summed E-state index contributed by atoms with van der Waals surface area (Å²) in [6, 6.07) is 2.25. The number of piperazine rings is 1. The molecule has 0 spiro atoms. The molecule has 1 aromatic rings. The maximum absolute atomic E-state index is 12.6. The maximum Gasteiger partial charge on any atom is 0.417 e. The normalized spacial score (nSPS) is 19.4. The minimum Gasteiger partial charge on any atom is -0.444 e. The van der Waals surface area contributed by atoms with E-state index in [1.165, 1.54) is 6.07 Å². The first kappa shape index (κ1) is 18.4. The summed E-state index contributed by atoms with van der Waals surface area (Å²) in [5.74, 6) is 0.471. The number of aromatic nitrogens is 1. The van der Waals surface area contributed by atoms with Gasteiger partial charge in [0.15, 0.2) is 0 Å². The molecular formula is C16H22F3N3O2. The number of halogens is 3. The minimum atomic E-state index is -4.39. The summed E-state index contributed by atoms with van der Waals surface area (Å²) >= 11 is 0. The van der Waals surface area contributed by atoms with E-state index >= 15 is 0 Å². The van der Waals surface area contributed by atoms with Gasteiger partial charge in [-0.3, -0.25) is 0 Å². The molecule has 1 saturated heterocycles. The van der Waals surface area contributed by atoms with E-state index in [4.69, 9.17) is 4.74 Å². The third kappa shape index (κ3) is 4.52. The molecule has 1 atom stereocenters. The van der Waals surface area contributed by atoms with E-state index in [0.29, 0.717) is 25.5 Å². The summed E-state index contributed by atoms with van der Waals surface area (Å²) in [6.07, 6.45) is -3.94. The van der Waals surface area contributed by atoms with Crippen molar-refractivity contribution in [3.63, 3.8) is 0 Å². The fraction of sp³-hybridized carbons (Fsp3) is 0.625. The van der Waals surface area contributed by atoms with E-state index in [-0.39, 0.29) is 12.1 Å². The van der Waals surface area contributed by atoms with Gasteiger partial charge in [-0.15, -0.1) is 0 Å². The van der Waals surface area contributed by atoms with Crippen LogP contribution in [0.15, 0.2) is 18.3 Å². The summed E-state index contributed by atoms with van der Waals surface area (Å²) in [4.78, 5) is 19.6. The number of ether oxygens (including phenoxy) is 1. The Labute approximate surface area is 139 Å². The van der Waals surface area contributed by atoms with Gasteiger partial charge in [0, 0.05) is 31.9 Å². The van der Waals surface area contributed by atoms with Gasteiger partial charge in [-0.05, 0) is 39.8 Å². The van der Waals surface area contributed by atoms with Crippen molar-refractivity contribution < 1.29 is 22.7 Å². The molecule has 1 aliphatic rings. The standard InChI is InChI=1S/C16H22F3N3O2/c1-11-10-21(7-8-22(11)14(23)24-15(2,3)4)13-6-5-12(9-20-13)16(17,18)19/h5-6,9,11H,7-8,10H2,1-4H3/t11-/m1/s1. The minimum absolute atomic E-state index is 0.127. The third-order valence-corrected chi connectivity index (χ3v) is 3.65. The zero-order valence-corrected chi connectivity index (χ0v) is 14.2. The third-order valence-electron chi connectivity index (χ3n) is 3.65. The molecule has 0 radical (unpaired) electrons. The Bertz CT molecular complexity index is 582. The molecule has 0 unspecified atom stereocenters. The van der Waals surface area contributed by atoms with Crippen molar-refractivity contribution in [2.24, 2.45) is 0 Å². The van der Waals surface area contributed by atoms with Gasteiger partial charge in [0.25, 0.3) is 0 Å². The number of carbonyl (C=O) groups excluding carboxylic acids is 1. The monoisotopic (exact) mass is 345 g/mol. The van der Waals surface area contributed by atoms with Gasteiger partial charge in [-0.2, -0.15) is 13.2 Å². The Morgan fingerprint density at radius 2 is 1.92 bits per heavy atom. The number of rotatable bonds is 1. The van der Waals surface area contributed by atoms with Gasteiger partial charge in [-0.25, -0.2) is 9.78 Å². The molecule has 1 amide bonds. The molecule has 1 aliphatic heterocycles. The van der Waals surface area contributed by atoms with E-state index < -0.39 is 17.3 Å². The van der Waals surface area contributed by atoms with Crippen LogP contribution in [0.3, 0.4) is 0 Å². The van der Waals surface area contributed by atoms with Crippen LogP contribution in [-0.2, 0) is 10.9 Å². The molecule has 0 aromatic carbocycles. The first-order valence-electron chi connectivity index (χ1n) is 7.75. The van der Waals surface area contributed by atoms with Crippen LogP contribution in [0.25, 0.3) is 0 Å². The number of hydrogen-bond donors (Lipinski definition) is 0. The van der Waals surface area contributed by atoms with E-state index in [9.17, 15) is 18.0 Å². The second-order valence-corrected chi connectivity index (χ2v) is 6.87. The van der Waals surface area contributed by atoms with Crippen molar-refractivity contribution in [1.82, 2.24) is 9.88 Å². The van der Waals surface area contributed by atoms with Crippen molar-refractivity contribution in [2.45, 2.75) is 45.5 Å². The average molecular weight is 345 g/mol. The maximum atomic E-state index is 12.6. The number of amides is 1. The number of carbonyl (C=O) groups is 1. The van der Waals surface area contributed by atoms with Gasteiger partial charge < -0.3 is 14.5 Å². The zero-order valence-electron chi connectivity index (χ0n) is 14.2. The fourth-order valence-electron chi connectivity index (χ4n) is 2.50. The Balaban J connectivity index is 2.01. The van der Waals surface area contributed by atoms with E-state index in [2.05, 4.69) is 4.98 Å². The molecular weight excluding hydrogens is 323 g/mol. The first-order chi connectivity index (χ1) is 11.0. The predicted molar refractivity (Wildman–Crippen MR) is 83.9 cm³/mol. The average Bonchev–Trinajstić information content (AvgIpc) is 2.44. The second kappa shape index (κ2) is 6.49. The molecule has 2 heterocycles. The number of nitrogens with zero attached hydrogens (tertiary/aromatic N) is 3. The van der Waals surface area contributed by atoms with Gasteiger partial charge in [0.1, 0.15) is 11.4 Å². The van der Waals surface area contributed by atoms with E-state index in [1.54, 1.807) is 25.7 Å². The Hall–Kier alpha value is -1.99. The Morgan fingerprint density at radius 1 is 1.25 bits per heavy atom. The number of hydrogen-bond acceptors (Lipinski definition) is 4. The summed E-state index contributed by atoms with van der Waals surface area (Å²) in [6.45, 7) is 8.69. The van der Waals surface area contributed by atoms with Crippen LogP contribution in [0.1, 0.15) is 33.3 Å². The largest absolute Gasteiger partial charge is 0.444 e. The van der Waals surface area contributed by atoms with Crippen molar-refractivity contribution in [3.05, 3.63) is 23.9 Å². The van der Waals surface area contributed by atoms with E-state index in [0.717, 1.165) is 12.3 Å². The lowest BCUT2D eigenvalue weighted by atomic mass is 10.2. The van der Waals surface area contributed by atoms with Crippen molar-refractivity contribution in [3.8, 4) is 0 Å². The van der Waals surface area contributed by atoms with Crippen LogP contribution in [0.5, 0.6) is 0 Å². The highest BCUT2D eigenvalue weighted by atomic mass is 19.4. The Morgan fingerprint density at radius 3 is 2.38 bits per heavy atom. The smallest absolute Gasteiger partial charge is 0.417 e. The highest BCUT2D eigenvalue weighted by Crippen LogP contribution is 2.29. The predicted octanol–water partition coefficient (Wildman–Crippen LogP) is 3.55. The first-order valence-corrected chi connectivity index (χ1v) is 7.75. The summed E-state index contributed by atoms with van der Waals surface area (Å²) in [5.41, 5.74) is -1.34. The molecule has 8 heteroatoms. The van der Waals surface area contributed by atoms with Crippen molar-refractivity contribution >= 4 is 11.9 Å². The lowest BCUT2D eigenvalue weighted by molar-refractivity contribution is -0.137. The molecule has 1 fully saturated rings. The Kier molecular flexibility index (Phi) is 4.96. The fourth-order valence-corrected chi connectivity index (χ4v) is 2.50. The van der Waals surface area contributed by atoms with Crippen LogP contribution >= 0.6 is 0 Å². The molecule has 0 saturated carbocycles. The number of anilines is 1. The lowest BCUT2D eigenvalue weighted by Gasteiger charge is -2.40. The van der Waals surface area contributed by atoms with Crippen LogP contribution in [0, 0.1) is 0 Å². The van der Waals surface area contributed by atoms with Gasteiger partial charge in [-0.1, -0.05) is 0 Å². The summed E-state index contributed by atoms with van der Waals surface area (Å²) < 4.78 is 43.1. The van der Waals surface area contributed by atoms with Gasteiger partial charge >= 0.3 is 12.3 Å². The topological polar surface area (TPSA) is 45.7 Å². The lowest BCUT2D eigenvalue weighted by Crippen LogP contribution is -2.55. The van der Waals surface area contributed by atoms with Gasteiger partial charge in [0.2, 0.25) is 0 Å². The molecule has 0 aliphatic carbocycles. The zero-order chi connectivity index (χ0) is 18.1. The van der Waals surface area contributed by atoms with Crippen molar-refractivity contribution in [1.29, 1.82) is 0 Å². The molecule has 134 valence electrons. The number of alkyl halides is 3. The SMILES string of the molecule is C[C@@H]1CN(c2ccc(C(F)(F)F)cn2)CCN1C(=O)OC(C)(C)C. The highest BCUT2D eigenvalue weighted by molar-refractivity contribution is 5.69. The summed E-state index contributed by atoms with van der Waals surface area (Å²) in [5, 5.41) is 0. The van der Waals surface area contributed by atoms with Crippen molar-refractivity contribution in [2.75, 3.05) is 24.5 Å². The molecule has 24 heavy (non-hydrogen) atoms. The molecule has 1 aromatic heterocycles. The molecule has 5 nitrogen and oxygen atoms in total. The van der Waals surface area contributed by atoms with Crippen LogP contribution in [0.2, 0.25) is 0 Å². The quantitative estimate of drug-likeness (QED) is 0.781. The number of pyridine rings is 1. The second-order valence-electron chi connectivity index (χ2n) is 6.87. The van der Waals surface area contributed by atoms with Crippen LogP contribution < -0.4 is 4.90 Å². The van der Waals surface area contributed by atoms with Crippen LogP contribution in [-0.4, -0.2) is 47.3 Å². The van der Waals surface area contributed by atoms with E-state index in [1.807, 2.05) is 11.8 Å².